The van der Waals surface area contributed by atoms with E-state index in [0.717, 1.165) is 64.1 Å². The lowest BCUT2D eigenvalue weighted by Crippen LogP contribution is -2.19. The van der Waals surface area contributed by atoms with Crippen molar-refractivity contribution in [2.45, 2.75) is 19.3 Å². The number of pyridine rings is 1. The van der Waals surface area contributed by atoms with E-state index in [-0.39, 0.29) is 16.3 Å². The normalized spacial score (nSPS) is 14.3. The second kappa shape index (κ2) is 8.75. The second-order valence-electron chi connectivity index (χ2n) is 8.56. The molecule has 0 unspecified atom stereocenters. The quantitative estimate of drug-likeness (QED) is 0.277. The lowest BCUT2D eigenvalue weighted by Gasteiger charge is -2.23. The number of anilines is 1. The standard InChI is InChI=1S/C27H17Cl2N5OS/c28-17-8-4-14(5-9-17)12-16-2-1-3-19-21(15-6-10-18(29)11-7-15)22-25(32-23(16)19)33-27-34(26(22)35)24(31)20(13-30)36-27/h4-12H,1-3,31H2/b16-12+. The fourth-order valence-corrected chi connectivity index (χ4v) is 5.84. The predicted molar refractivity (Wildman–Crippen MR) is 146 cm³/mol. The number of benzene rings is 2. The van der Waals surface area contributed by atoms with Crippen LogP contribution in [0.2, 0.25) is 10.0 Å². The summed E-state index contributed by atoms with van der Waals surface area (Å²) >= 11 is 13.3. The van der Waals surface area contributed by atoms with Crippen LogP contribution in [-0.4, -0.2) is 14.4 Å². The van der Waals surface area contributed by atoms with Gasteiger partial charge in [0.2, 0.25) is 4.96 Å². The zero-order chi connectivity index (χ0) is 25.0. The van der Waals surface area contributed by atoms with Gasteiger partial charge < -0.3 is 5.73 Å². The molecule has 2 aromatic carbocycles. The van der Waals surface area contributed by atoms with Gasteiger partial charge >= 0.3 is 0 Å². The molecule has 0 atom stereocenters. The van der Waals surface area contributed by atoms with Gasteiger partial charge in [0.25, 0.3) is 5.56 Å². The summed E-state index contributed by atoms with van der Waals surface area (Å²) in [5.74, 6) is 0.0972. The van der Waals surface area contributed by atoms with Crippen molar-refractivity contribution in [1.29, 1.82) is 5.26 Å². The van der Waals surface area contributed by atoms with Crippen molar-refractivity contribution in [3.8, 4) is 17.2 Å². The van der Waals surface area contributed by atoms with Crippen LogP contribution in [-0.2, 0) is 6.42 Å². The van der Waals surface area contributed by atoms with E-state index in [1.54, 1.807) is 12.1 Å². The molecule has 5 aromatic rings. The van der Waals surface area contributed by atoms with Gasteiger partial charge in [-0.05, 0) is 71.9 Å². The highest BCUT2D eigenvalue weighted by Gasteiger charge is 2.26. The Morgan fingerprint density at radius 2 is 1.72 bits per heavy atom. The number of halogens is 2. The molecule has 0 radical (unpaired) electrons. The molecule has 3 heterocycles. The van der Waals surface area contributed by atoms with Gasteiger partial charge in [0.1, 0.15) is 16.8 Å². The van der Waals surface area contributed by atoms with E-state index in [4.69, 9.17) is 38.9 Å². The molecular formula is C27H17Cl2N5OS. The summed E-state index contributed by atoms with van der Waals surface area (Å²) in [6, 6.07) is 17.1. The molecule has 6 rings (SSSR count). The summed E-state index contributed by atoms with van der Waals surface area (Å²) < 4.78 is 1.31. The van der Waals surface area contributed by atoms with Crippen molar-refractivity contribution >= 4 is 68.0 Å². The van der Waals surface area contributed by atoms with Crippen LogP contribution in [0.1, 0.15) is 34.5 Å². The van der Waals surface area contributed by atoms with Gasteiger partial charge in [0, 0.05) is 15.6 Å². The van der Waals surface area contributed by atoms with E-state index in [0.29, 0.717) is 26.0 Å². The number of nitrogens with two attached hydrogens (primary N) is 1. The number of nitrogen functional groups attached to an aromatic ring is 1. The minimum atomic E-state index is -0.334. The Bertz CT molecular complexity index is 1810. The SMILES string of the molecule is N#Cc1sc2nc3nc4c(c(-c5ccc(Cl)cc5)c3c(=O)n2c1N)CCC/C4=C\c1ccc(Cl)cc1. The highest BCUT2D eigenvalue weighted by molar-refractivity contribution is 7.18. The van der Waals surface area contributed by atoms with Gasteiger partial charge in [0.05, 0.1) is 11.1 Å². The Balaban J connectivity index is 1.72. The molecule has 3 aromatic heterocycles. The Morgan fingerprint density at radius 1 is 1.03 bits per heavy atom. The maximum absolute atomic E-state index is 13.8. The molecule has 0 amide bonds. The smallest absolute Gasteiger partial charge is 0.270 e. The van der Waals surface area contributed by atoms with Gasteiger partial charge in [-0.1, -0.05) is 58.8 Å². The molecule has 0 saturated heterocycles. The van der Waals surface area contributed by atoms with Crippen LogP contribution >= 0.6 is 34.5 Å². The monoisotopic (exact) mass is 529 g/mol. The summed E-state index contributed by atoms with van der Waals surface area (Å²) in [6.07, 6.45) is 4.64. The third-order valence-corrected chi connectivity index (χ3v) is 7.84. The Kier molecular flexibility index (Phi) is 5.53. The van der Waals surface area contributed by atoms with E-state index in [2.05, 4.69) is 12.1 Å². The summed E-state index contributed by atoms with van der Waals surface area (Å²) in [4.78, 5) is 24.1. The van der Waals surface area contributed by atoms with Crippen molar-refractivity contribution in [2.24, 2.45) is 0 Å². The summed E-state index contributed by atoms with van der Waals surface area (Å²) in [7, 11) is 0. The van der Waals surface area contributed by atoms with Crippen LogP contribution in [0.4, 0.5) is 5.82 Å². The zero-order valence-corrected chi connectivity index (χ0v) is 21.1. The molecule has 0 fully saturated rings. The molecule has 6 nitrogen and oxygen atoms in total. The summed E-state index contributed by atoms with van der Waals surface area (Å²) in [6.45, 7) is 0. The van der Waals surface area contributed by atoms with Gasteiger partial charge in [-0.2, -0.15) is 10.2 Å². The number of rotatable bonds is 2. The molecule has 0 spiro atoms. The number of hydrogen-bond acceptors (Lipinski definition) is 6. The van der Waals surface area contributed by atoms with Crippen molar-refractivity contribution in [3.05, 3.63) is 90.6 Å². The third kappa shape index (κ3) is 3.66. The van der Waals surface area contributed by atoms with Gasteiger partial charge in [-0.15, -0.1) is 0 Å². The second-order valence-corrected chi connectivity index (χ2v) is 10.4. The maximum atomic E-state index is 13.8. The van der Waals surface area contributed by atoms with Crippen LogP contribution < -0.4 is 11.3 Å². The van der Waals surface area contributed by atoms with Crippen molar-refractivity contribution in [2.75, 3.05) is 5.73 Å². The molecule has 176 valence electrons. The number of nitrogens with zero attached hydrogens (tertiary/aromatic N) is 4. The zero-order valence-electron chi connectivity index (χ0n) is 18.8. The fourth-order valence-electron chi connectivity index (χ4n) is 4.76. The van der Waals surface area contributed by atoms with E-state index in [1.165, 1.54) is 4.40 Å². The number of hydrogen-bond donors (Lipinski definition) is 1. The minimum Gasteiger partial charge on any atom is -0.383 e. The summed E-state index contributed by atoms with van der Waals surface area (Å²) in [5.41, 5.74) is 11.7. The third-order valence-electron chi connectivity index (χ3n) is 6.38. The molecular weight excluding hydrogens is 513 g/mol. The van der Waals surface area contributed by atoms with E-state index in [1.807, 2.05) is 36.4 Å². The predicted octanol–water partition coefficient (Wildman–Crippen LogP) is 6.61. The van der Waals surface area contributed by atoms with Crippen LogP contribution in [0.15, 0.2) is 53.3 Å². The van der Waals surface area contributed by atoms with Gasteiger partial charge in [-0.25, -0.2) is 9.38 Å². The first-order chi connectivity index (χ1) is 17.4. The maximum Gasteiger partial charge on any atom is 0.270 e. The number of fused-ring (bicyclic) bond motifs is 3. The first-order valence-corrected chi connectivity index (χ1v) is 12.8. The van der Waals surface area contributed by atoms with Crippen molar-refractivity contribution in [1.82, 2.24) is 14.4 Å². The highest BCUT2D eigenvalue weighted by atomic mass is 35.5. The minimum absolute atomic E-state index is 0.0972. The van der Waals surface area contributed by atoms with Gasteiger partial charge in [0.15, 0.2) is 5.65 Å². The molecule has 2 N–H and O–H groups in total. The number of allylic oxidation sites excluding steroid dienone is 1. The average molecular weight is 530 g/mol. The first-order valence-electron chi connectivity index (χ1n) is 11.2. The average Bonchev–Trinajstić information content (AvgIpc) is 3.20. The molecule has 1 aliphatic rings. The van der Waals surface area contributed by atoms with Crippen molar-refractivity contribution in [3.63, 3.8) is 0 Å². The molecule has 36 heavy (non-hydrogen) atoms. The van der Waals surface area contributed by atoms with E-state index >= 15 is 0 Å². The van der Waals surface area contributed by atoms with Crippen molar-refractivity contribution < 1.29 is 0 Å². The van der Waals surface area contributed by atoms with Gasteiger partial charge in [-0.3, -0.25) is 4.79 Å². The largest absolute Gasteiger partial charge is 0.383 e. The number of aromatic nitrogens is 3. The lowest BCUT2D eigenvalue weighted by molar-refractivity contribution is 0.815. The Labute approximate surface area is 219 Å². The number of thiazole rings is 1. The van der Waals surface area contributed by atoms with Crippen LogP contribution in [0.5, 0.6) is 0 Å². The molecule has 9 heteroatoms. The van der Waals surface area contributed by atoms with Crippen LogP contribution in [0.3, 0.4) is 0 Å². The molecule has 0 saturated carbocycles. The molecule has 0 bridgehead atoms. The Morgan fingerprint density at radius 3 is 2.42 bits per heavy atom. The molecule has 0 aliphatic heterocycles. The first kappa shape index (κ1) is 22.7. The topological polar surface area (TPSA) is 97.1 Å². The summed E-state index contributed by atoms with van der Waals surface area (Å²) in [5, 5.41) is 11.1. The Hall–Kier alpha value is -3.70. The molecule has 1 aliphatic carbocycles. The van der Waals surface area contributed by atoms with E-state index < -0.39 is 0 Å². The van der Waals surface area contributed by atoms with E-state index in [9.17, 15) is 10.1 Å². The van der Waals surface area contributed by atoms with Crippen LogP contribution in [0.25, 0.3) is 38.8 Å². The fraction of sp³-hybridized carbons (Fsp3) is 0.111. The lowest BCUT2D eigenvalue weighted by atomic mass is 9.84. The highest BCUT2D eigenvalue weighted by Crippen LogP contribution is 2.40. The van der Waals surface area contributed by atoms with Crippen LogP contribution in [0, 0.1) is 11.3 Å². The number of nitriles is 1.